The number of allylic oxidation sites excluding steroid dienone is 2. The highest BCUT2D eigenvalue weighted by Crippen LogP contribution is 2.36. The van der Waals surface area contributed by atoms with E-state index in [9.17, 15) is 0 Å². The molecule has 1 aliphatic rings. The molecule has 7 rings (SSSR count). The van der Waals surface area contributed by atoms with Gasteiger partial charge in [-0.3, -0.25) is 0 Å². The van der Waals surface area contributed by atoms with E-state index in [1.54, 1.807) is 7.11 Å². The first-order valence-corrected chi connectivity index (χ1v) is 12.2. The Hall–Kier alpha value is -4.29. The number of nitrogens with zero attached hydrogens (tertiary/aromatic N) is 5. The predicted octanol–water partition coefficient (Wildman–Crippen LogP) is 5.94. The van der Waals surface area contributed by atoms with E-state index in [-0.39, 0.29) is 12.1 Å². The zero-order valence-corrected chi connectivity index (χ0v) is 20.2. The summed E-state index contributed by atoms with van der Waals surface area (Å²) in [6.07, 6.45) is 12.1. The lowest BCUT2D eigenvalue weighted by atomic mass is 9.92. The molecule has 2 atom stereocenters. The molecular formula is C30H25N5O. The number of aromatic nitrogens is 5. The van der Waals surface area contributed by atoms with Gasteiger partial charge in [0.1, 0.15) is 11.8 Å². The first kappa shape index (κ1) is 21.0. The number of hydrogen-bond donors (Lipinski definition) is 0. The predicted molar refractivity (Wildman–Crippen MR) is 143 cm³/mol. The molecule has 0 N–H and O–H groups in total. The Morgan fingerprint density at radius 3 is 2.47 bits per heavy atom. The van der Waals surface area contributed by atoms with Crippen LogP contribution >= 0.6 is 0 Å². The van der Waals surface area contributed by atoms with Gasteiger partial charge in [0.05, 0.1) is 30.8 Å². The van der Waals surface area contributed by atoms with Gasteiger partial charge in [0.2, 0.25) is 0 Å². The van der Waals surface area contributed by atoms with Gasteiger partial charge in [0.25, 0.3) is 0 Å². The quantitative estimate of drug-likeness (QED) is 0.292. The third kappa shape index (κ3) is 3.33. The first-order chi connectivity index (χ1) is 17.7. The molecule has 0 spiro atoms. The molecule has 6 aromatic rings. The molecule has 2 unspecified atom stereocenters. The van der Waals surface area contributed by atoms with Crippen LogP contribution in [0.15, 0.2) is 91.5 Å². The zero-order valence-electron chi connectivity index (χ0n) is 20.2. The highest BCUT2D eigenvalue weighted by molar-refractivity contribution is 6.23. The average molecular weight is 472 g/mol. The van der Waals surface area contributed by atoms with E-state index in [0.717, 1.165) is 17.0 Å². The summed E-state index contributed by atoms with van der Waals surface area (Å²) in [6.45, 7) is 2.65. The molecule has 0 radical (unpaired) electrons. The summed E-state index contributed by atoms with van der Waals surface area (Å²) < 4.78 is 9.80. The fraction of sp³-hybridized carbons (Fsp3) is 0.167. The van der Waals surface area contributed by atoms with E-state index in [0.29, 0.717) is 6.54 Å². The summed E-state index contributed by atoms with van der Waals surface area (Å²) in [7, 11) is 1.74. The second kappa shape index (κ2) is 8.14. The number of methoxy groups -OCH3 is 1. The standard InChI is InChI=1S/C30H25N5O/c1-19-15-34(18-31-19)27-13-11-23(14-28(27)36-2)26-17-35(33-32-26)16-24-9-8-22-7-6-20-4-3-5-21-10-12-25(24)30(22)29(20)21/h3-15,17-18,27-28H,16H2,1-2H3. The molecule has 36 heavy (non-hydrogen) atoms. The maximum Gasteiger partial charge on any atom is 0.112 e. The molecule has 176 valence electrons. The number of ether oxygens (including phenoxy) is 1. The topological polar surface area (TPSA) is 57.8 Å². The maximum absolute atomic E-state index is 5.79. The Morgan fingerprint density at radius 2 is 1.69 bits per heavy atom. The third-order valence-corrected chi connectivity index (χ3v) is 7.29. The molecular weight excluding hydrogens is 446 g/mol. The van der Waals surface area contributed by atoms with Crippen LogP contribution in [-0.2, 0) is 11.3 Å². The average Bonchev–Trinajstić information content (AvgIpc) is 3.57. The van der Waals surface area contributed by atoms with Crippen LogP contribution < -0.4 is 0 Å². The minimum atomic E-state index is -0.110. The van der Waals surface area contributed by atoms with Gasteiger partial charge >= 0.3 is 0 Å². The van der Waals surface area contributed by atoms with Crippen molar-refractivity contribution in [1.82, 2.24) is 24.5 Å². The van der Waals surface area contributed by atoms with E-state index in [2.05, 4.69) is 92.7 Å². The zero-order chi connectivity index (χ0) is 24.2. The van der Waals surface area contributed by atoms with Gasteiger partial charge in [-0.2, -0.15) is 0 Å². The first-order valence-electron chi connectivity index (χ1n) is 12.2. The van der Waals surface area contributed by atoms with Crippen LogP contribution in [0.4, 0.5) is 0 Å². The normalized spacial score (nSPS) is 18.0. The van der Waals surface area contributed by atoms with Crippen LogP contribution in [0.5, 0.6) is 0 Å². The molecule has 0 saturated heterocycles. The van der Waals surface area contributed by atoms with Gasteiger partial charge in [0.15, 0.2) is 0 Å². The molecule has 6 heteroatoms. The van der Waals surface area contributed by atoms with Crippen LogP contribution in [0.3, 0.4) is 0 Å². The number of rotatable bonds is 5. The second-order valence-electron chi connectivity index (χ2n) is 9.52. The van der Waals surface area contributed by atoms with Crippen LogP contribution in [0.1, 0.15) is 23.0 Å². The van der Waals surface area contributed by atoms with Crippen molar-refractivity contribution in [2.75, 3.05) is 7.11 Å². The van der Waals surface area contributed by atoms with E-state index < -0.39 is 0 Å². The lowest BCUT2D eigenvalue weighted by molar-refractivity contribution is 0.109. The number of aryl methyl sites for hydroxylation is 1. The number of benzene rings is 4. The minimum Gasteiger partial charge on any atom is -0.375 e. The van der Waals surface area contributed by atoms with Crippen molar-refractivity contribution in [3.05, 3.63) is 108 Å². The minimum absolute atomic E-state index is 0.0622. The second-order valence-corrected chi connectivity index (χ2v) is 9.52. The van der Waals surface area contributed by atoms with Crippen LogP contribution in [0, 0.1) is 6.92 Å². The van der Waals surface area contributed by atoms with Crippen molar-refractivity contribution < 1.29 is 4.74 Å². The molecule has 0 saturated carbocycles. The summed E-state index contributed by atoms with van der Waals surface area (Å²) in [4.78, 5) is 4.36. The molecule has 1 aliphatic carbocycles. The smallest absolute Gasteiger partial charge is 0.112 e. The van der Waals surface area contributed by atoms with E-state index in [1.165, 1.54) is 37.9 Å². The molecule has 2 aromatic heterocycles. The third-order valence-electron chi connectivity index (χ3n) is 7.29. The van der Waals surface area contributed by atoms with E-state index >= 15 is 0 Å². The van der Waals surface area contributed by atoms with Crippen LogP contribution in [-0.4, -0.2) is 37.8 Å². The van der Waals surface area contributed by atoms with Crippen LogP contribution in [0.25, 0.3) is 37.9 Å². The van der Waals surface area contributed by atoms with Gasteiger partial charge in [-0.15, -0.1) is 5.10 Å². The van der Waals surface area contributed by atoms with Crippen LogP contribution in [0.2, 0.25) is 0 Å². The molecule has 0 bridgehead atoms. The van der Waals surface area contributed by atoms with Crippen molar-refractivity contribution in [2.24, 2.45) is 0 Å². The molecule has 0 amide bonds. The Bertz CT molecular complexity index is 1770. The van der Waals surface area contributed by atoms with Crippen molar-refractivity contribution in [3.63, 3.8) is 0 Å². The number of hydrogen-bond acceptors (Lipinski definition) is 4. The Labute approximate surface area is 208 Å². The molecule has 6 nitrogen and oxygen atoms in total. The number of imidazole rings is 1. The molecule has 2 heterocycles. The molecule has 0 fully saturated rings. The van der Waals surface area contributed by atoms with Gasteiger partial charge in [-0.1, -0.05) is 72.0 Å². The van der Waals surface area contributed by atoms with E-state index in [1.807, 2.05) is 30.3 Å². The van der Waals surface area contributed by atoms with Crippen molar-refractivity contribution >= 4 is 37.9 Å². The highest BCUT2D eigenvalue weighted by atomic mass is 16.5. The fourth-order valence-corrected chi connectivity index (χ4v) is 5.51. The summed E-state index contributed by atoms with van der Waals surface area (Å²) in [5, 5.41) is 16.7. The van der Waals surface area contributed by atoms with Gasteiger partial charge in [0, 0.05) is 18.9 Å². The monoisotopic (exact) mass is 471 g/mol. The Kier molecular flexibility index (Phi) is 4.75. The highest BCUT2D eigenvalue weighted by Gasteiger charge is 2.24. The summed E-state index contributed by atoms with van der Waals surface area (Å²) >= 11 is 0. The lowest BCUT2D eigenvalue weighted by Crippen LogP contribution is -2.24. The largest absolute Gasteiger partial charge is 0.375 e. The van der Waals surface area contributed by atoms with E-state index in [4.69, 9.17) is 4.74 Å². The van der Waals surface area contributed by atoms with Crippen molar-refractivity contribution in [2.45, 2.75) is 25.6 Å². The van der Waals surface area contributed by atoms with Gasteiger partial charge in [-0.05, 0) is 50.9 Å². The summed E-state index contributed by atoms with van der Waals surface area (Å²) in [5.74, 6) is 0. The Morgan fingerprint density at radius 1 is 0.917 bits per heavy atom. The SMILES string of the molecule is COC1C=C(c2cn(Cc3ccc4ccc5cccc6ccc3c4c56)nn2)C=CC1n1cnc(C)c1. The van der Waals surface area contributed by atoms with Crippen molar-refractivity contribution in [1.29, 1.82) is 0 Å². The fourth-order valence-electron chi connectivity index (χ4n) is 5.51. The van der Waals surface area contributed by atoms with Gasteiger partial charge in [-0.25, -0.2) is 9.67 Å². The lowest BCUT2D eigenvalue weighted by Gasteiger charge is -2.25. The summed E-state index contributed by atoms with van der Waals surface area (Å²) in [6, 6.07) is 19.9. The maximum atomic E-state index is 5.79. The molecule has 0 aliphatic heterocycles. The molecule has 4 aromatic carbocycles. The Balaban J connectivity index is 1.21. The summed E-state index contributed by atoms with van der Waals surface area (Å²) in [5.41, 5.74) is 4.07. The van der Waals surface area contributed by atoms with Crippen molar-refractivity contribution in [3.8, 4) is 0 Å². The van der Waals surface area contributed by atoms with Gasteiger partial charge < -0.3 is 9.30 Å².